The molecule has 10 heteroatoms. The van der Waals surface area contributed by atoms with E-state index in [2.05, 4.69) is 80.7 Å². The van der Waals surface area contributed by atoms with Crippen LogP contribution < -0.4 is 0 Å². The topological polar surface area (TPSA) is 100 Å². The van der Waals surface area contributed by atoms with Gasteiger partial charge in [0.05, 0.1) is 0 Å². The van der Waals surface area contributed by atoms with Crippen LogP contribution in [0.1, 0.15) is 83.3 Å². The number of hydrogen-bond donors (Lipinski definition) is 0. The van der Waals surface area contributed by atoms with Gasteiger partial charge in [-0.25, -0.2) is 10.3 Å². The van der Waals surface area contributed by atoms with E-state index in [4.69, 9.17) is 22.4 Å². The maximum absolute atomic E-state index is 9.16. The van der Waals surface area contributed by atoms with E-state index < -0.39 is 0 Å². The van der Waals surface area contributed by atoms with Crippen LogP contribution in [0.4, 0.5) is 10.0 Å². The molecule has 4 aromatic heterocycles. The summed E-state index contributed by atoms with van der Waals surface area (Å²) in [5.74, 6) is -0.152. The van der Waals surface area contributed by atoms with Crippen LogP contribution in [0.5, 0.6) is 0 Å². The zero-order chi connectivity index (χ0) is 32.1. The first kappa shape index (κ1) is 29.3. The van der Waals surface area contributed by atoms with E-state index >= 15 is 0 Å². The van der Waals surface area contributed by atoms with Crippen LogP contribution in [0, 0.1) is 40.6 Å². The van der Waals surface area contributed by atoms with Gasteiger partial charge in [-0.2, -0.15) is 10.5 Å². The molecule has 0 unspecified atom stereocenters. The van der Waals surface area contributed by atoms with E-state index in [1.807, 2.05) is 53.0 Å². The third-order valence-corrected chi connectivity index (χ3v) is 13.5. The average molecular weight is 657 g/mol. The van der Waals surface area contributed by atoms with Crippen LogP contribution in [-0.2, 0) is 16.2 Å². The molecule has 0 aliphatic heterocycles. The number of hydrogen-bond acceptors (Lipinski definition) is 9. The molecule has 0 atom stereocenters. The van der Waals surface area contributed by atoms with Crippen molar-refractivity contribution in [3.63, 3.8) is 0 Å². The van der Waals surface area contributed by atoms with Crippen LogP contribution in [0.15, 0.2) is 34.3 Å². The van der Waals surface area contributed by atoms with Crippen molar-refractivity contribution in [2.24, 2.45) is 9.98 Å². The highest BCUT2D eigenvalue weighted by Crippen LogP contribution is 2.67. The Morgan fingerprint density at radius 2 is 1.11 bits per heavy atom. The number of allylic oxidation sites excluding steroid dienone is 2. The summed E-state index contributed by atoms with van der Waals surface area (Å²) in [5.41, 5.74) is 7.34. The van der Waals surface area contributed by atoms with Gasteiger partial charge in [0.2, 0.25) is 10.7 Å². The molecule has 0 fully saturated rings. The minimum atomic E-state index is -0.229. The predicted octanol–water partition coefficient (Wildman–Crippen LogP) is 10.5. The second-order valence-electron chi connectivity index (χ2n) is 12.7. The summed E-state index contributed by atoms with van der Waals surface area (Å²) in [6, 6.07) is 13.4. The van der Waals surface area contributed by atoms with Crippen molar-refractivity contribution in [3.8, 4) is 28.0 Å². The SMILES string of the molecule is [C-]#[N+]C(C#N)=Nc1ccc(C2=Cc3sc4c(c3C2(C)C)C(C)(C)c2c-4sc3c2C(C)(C)C(c2ccc(N=C(C#N)C#N)s2)=C3)s1. The normalized spacial score (nSPS) is 17.5. The summed E-state index contributed by atoms with van der Waals surface area (Å²) in [6.45, 7) is 21.1. The molecule has 0 amide bonds. The van der Waals surface area contributed by atoms with Crippen molar-refractivity contribution in [2.75, 3.05) is 0 Å². The van der Waals surface area contributed by atoms with Crippen molar-refractivity contribution >= 4 is 90.2 Å². The minimum absolute atomic E-state index is 0.137. The molecule has 0 saturated heterocycles. The summed E-state index contributed by atoms with van der Waals surface area (Å²) < 4.78 is 0. The molecule has 0 saturated carbocycles. The second-order valence-corrected chi connectivity index (χ2v) is 16.9. The number of rotatable bonds is 4. The van der Waals surface area contributed by atoms with Gasteiger partial charge in [0.1, 0.15) is 23.2 Å². The Bertz CT molecular complexity index is 2100. The zero-order valence-electron chi connectivity index (χ0n) is 25.3. The van der Waals surface area contributed by atoms with E-state index in [1.165, 1.54) is 75.6 Å². The van der Waals surface area contributed by atoms with E-state index in [0.717, 1.165) is 9.75 Å². The largest absolute Gasteiger partial charge is 0.351 e. The Kier molecular flexibility index (Phi) is 6.37. The van der Waals surface area contributed by atoms with Crippen LogP contribution >= 0.6 is 45.3 Å². The van der Waals surface area contributed by atoms with Gasteiger partial charge in [-0.1, -0.05) is 64.4 Å². The minimum Gasteiger partial charge on any atom is -0.351 e. The Morgan fingerprint density at radius 3 is 1.53 bits per heavy atom. The predicted molar refractivity (Wildman–Crippen MR) is 188 cm³/mol. The number of aliphatic imine (C=N–C) groups is 2. The van der Waals surface area contributed by atoms with E-state index in [0.29, 0.717) is 10.0 Å². The van der Waals surface area contributed by atoms with Gasteiger partial charge >= 0.3 is 5.84 Å². The summed E-state index contributed by atoms with van der Waals surface area (Å²) in [4.78, 5) is 19.3. The van der Waals surface area contributed by atoms with Gasteiger partial charge in [-0.05, 0) is 69.8 Å². The maximum Gasteiger partial charge on any atom is 0.350 e. The first-order valence-corrected chi connectivity index (χ1v) is 17.4. The first-order chi connectivity index (χ1) is 21.4. The molecular formula is C35H24N6S4. The van der Waals surface area contributed by atoms with Gasteiger partial charge in [-0.3, -0.25) is 0 Å². The number of fused-ring (bicyclic) bond motifs is 7. The summed E-state index contributed by atoms with van der Waals surface area (Å²) in [5, 5.41) is 28.8. The van der Waals surface area contributed by atoms with Crippen molar-refractivity contribution in [3.05, 3.63) is 77.4 Å². The van der Waals surface area contributed by atoms with Crippen molar-refractivity contribution in [1.29, 1.82) is 15.8 Å². The molecule has 0 bridgehead atoms. The fourth-order valence-electron chi connectivity index (χ4n) is 7.06. The smallest absolute Gasteiger partial charge is 0.350 e. The monoisotopic (exact) mass is 656 g/mol. The van der Waals surface area contributed by atoms with Gasteiger partial charge < -0.3 is 4.85 Å². The molecule has 7 rings (SSSR count). The van der Waals surface area contributed by atoms with Crippen molar-refractivity contribution in [1.82, 2.24) is 0 Å². The molecule has 4 heterocycles. The fourth-order valence-corrected chi connectivity index (χ4v) is 12.4. The highest BCUT2D eigenvalue weighted by Gasteiger charge is 2.52. The summed E-state index contributed by atoms with van der Waals surface area (Å²) in [7, 11) is 0. The highest BCUT2D eigenvalue weighted by molar-refractivity contribution is 7.24. The van der Waals surface area contributed by atoms with E-state index in [9.17, 15) is 0 Å². The molecule has 0 aromatic carbocycles. The maximum atomic E-state index is 9.16. The quantitative estimate of drug-likeness (QED) is 0.124. The van der Waals surface area contributed by atoms with E-state index in [1.54, 1.807) is 0 Å². The second kappa shape index (κ2) is 9.79. The molecule has 0 N–H and O–H groups in total. The first-order valence-electron chi connectivity index (χ1n) is 14.1. The molecule has 0 spiro atoms. The van der Waals surface area contributed by atoms with Crippen molar-refractivity contribution in [2.45, 2.75) is 57.8 Å². The fraction of sp³-hybridized carbons (Fsp3) is 0.257. The highest BCUT2D eigenvalue weighted by atomic mass is 32.1. The lowest BCUT2D eigenvalue weighted by Crippen LogP contribution is -2.26. The summed E-state index contributed by atoms with van der Waals surface area (Å²) in [6.07, 6.45) is 4.66. The molecule has 3 aliphatic rings. The van der Waals surface area contributed by atoms with Crippen LogP contribution in [-0.4, -0.2) is 11.5 Å². The zero-order valence-corrected chi connectivity index (χ0v) is 28.5. The van der Waals surface area contributed by atoms with Crippen LogP contribution in [0.2, 0.25) is 0 Å². The Balaban J connectivity index is 1.29. The van der Waals surface area contributed by atoms with E-state index in [-0.39, 0.29) is 27.8 Å². The van der Waals surface area contributed by atoms with Gasteiger partial charge in [0.25, 0.3) is 0 Å². The van der Waals surface area contributed by atoms with Gasteiger partial charge in [0, 0.05) is 45.5 Å². The molecular weight excluding hydrogens is 633 g/mol. The number of nitriles is 3. The van der Waals surface area contributed by atoms with Crippen molar-refractivity contribution < 1.29 is 0 Å². The lowest BCUT2D eigenvalue weighted by molar-refractivity contribution is 0.597. The molecule has 6 nitrogen and oxygen atoms in total. The third kappa shape index (κ3) is 4.04. The molecule has 3 aliphatic carbocycles. The van der Waals surface area contributed by atoms with Gasteiger partial charge in [0.15, 0.2) is 0 Å². The Labute approximate surface area is 277 Å². The number of amidine groups is 1. The molecule has 218 valence electrons. The lowest BCUT2D eigenvalue weighted by Gasteiger charge is -2.33. The number of nitrogens with zero attached hydrogens (tertiary/aromatic N) is 6. The lowest BCUT2D eigenvalue weighted by atomic mass is 9.70. The molecule has 0 radical (unpaired) electrons. The third-order valence-electron chi connectivity index (χ3n) is 9.05. The standard InChI is InChI=1S/C35H24N6S4/c1-33(2)18(20-8-10-25(42-20)40-17(14-36)15-37)12-22-27(33)29-31(44-22)32-30(35(29,5)6)28-23(45-32)13-19(34(28,3)4)21-9-11-26(43-21)41-24(16-38)39-7/h8-13H,1-6H3. The Morgan fingerprint density at radius 1 is 0.644 bits per heavy atom. The Hall–Kier alpha value is -4.42. The molecule has 4 aromatic rings. The summed E-state index contributed by atoms with van der Waals surface area (Å²) >= 11 is 6.81. The van der Waals surface area contributed by atoms with Gasteiger partial charge in [-0.15, -0.1) is 34.0 Å². The van der Waals surface area contributed by atoms with Crippen LogP contribution in [0.3, 0.4) is 0 Å². The average Bonchev–Trinajstić information content (AvgIpc) is 3.83. The number of thiophene rings is 4. The van der Waals surface area contributed by atoms with Crippen LogP contribution in [0.25, 0.3) is 37.9 Å². The molecule has 45 heavy (non-hydrogen) atoms.